The fourth-order valence-corrected chi connectivity index (χ4v) is 2.68. The molecule has 0 aliphatic rings. The van der Waals surface area contributed by atoms with Crippen LogP contribution < -0.4 is 0 Å². The minimum absolute atomic E-state index is 0.127. The van der Waals surface area contributed by atoms with E-state index in [1.807, 2.05) is 32.0 Å². The van der Waals surface area contributed by atoms with E-state index in [0.29, 0.717) is 6.54 Å². The van der Waals surface area contributed by atoms with E-state index in [2.05, 4.69) is 0 Å². The summed E-state index contributed by atoms with van der Waals surface area (Å²) in [6.45, 7) is 3.80. The Morgan fingerprint density at radius 2 is 1.89 bits per heavy atom. The van der Waals surface area contributed by atoms with Gasteiger partial charge in [-0.3, -0.25) is 14.9 Å². The Morgan fingerprint density at radius 1 is 1.19 bits per heavy atom. The second-order valence-corrected chi connectivity index (χ2v) is 6.61. The van der Waals surface area contributed by atoms with Crippen molar-refractivity contribution in [3.63, 3.8) is 0 Å². The molecule has 0 heterocycles. The van der Waals surface area contributed by atoms with Gasteiger partial charge in [0.15, 0.2) is 6.61 Å². The van der Waals surface area contributed by atoms with E-state index >= 15 is 0 Å². The van der Waals surface area contributed by atoms with Crippen LogP contribution in [0.3, 0.4) is 0 Å². The first-order valence-corrected chi connectivity index (χ1v) is 8.48. The average molecular weight is 391 g/mol. The smallest absolute Gasteiger partial charge is 0.345 e. The number of rotatable bonds is 6. The topological polar surface area (TPSA) is 89.8 Å². The quantitative estimate of drug-likeness (QED) is 0.426. The van der Waals surface area contributed by atoms with Gasteiger partial charge in [-0.05, 0) is 37.1 Å². The lowest BCUT2D eigenvalue weighted by Gasteiger charge is -2.18. The van der Waals surface area contributed by atoms with Crippen LogP contribution in [0.4, 0.5) is 5.69 Å². The number of esters is 1. The molecule has 2 aromatic carbocycles. The number of likely N-dealkylation sites (N-methyl/N-ethyl adjacent to an activating group) is 1. The molecule has 0 spiro atoms. The standard InChI is InChI=1S/C19H19ClN2O5/c1-12-4-5-14(13(2)8-12)10-21(3)18(23)11-27-19(24)16-7-6-15(20)9-17(16)22(25)26/h4-9H,10-11H2,1-3H3. The molecule has 0 saturated carbocycles. The number of nitro benzene ring substituents is 1. The van der Waals surface area contributed by atoms with Crippen LogP contribution in [0, 0.1) is 24.0 Å². The molecular formula is C19H19ClN2O5. The maximum atomic E-state index is 12.2. The number of nitro groups is 1. The van der Waals surface area contributed by atoms with Gasteiger partial charge in [-0.25, -0.2) is 4.79 Å². The van der Waals surface area contributed by atoms with Crippen LogP contribution in [-0.2, 0) is 16.1 Å². The first kappa shape index (κ1) is 20.4. The molecule has 2 aromatic rings. The fourth-order valence-electron chi connectivity index (χ4n) is 2.51. The zero-order valence-corrected chi connectivity index (χ0v) is 15.9. The lowest BCUT2D eigenvalue weighted by molar-refractivity contribution is -0.385. The molecule has 7 nitrogen and oxygen atoms in total. The second-order valence-electron chi connectivity index (χ2n) is 6.17. The van der Waals surface area contributed by atoms with Crippen LogP contribution in [0.25, 0.3) is 0 Å². The molecule has 0 N–H and O–H groups in total. The molecule has 0 unspecified atom stereocenters. The van der Waals surface area contributed by atoms with Gasteiger partial charge in [0.1, 0.15) is 5.56 Å². The predicted molar refractivity (Wildman–Crippen MR) is 101 cm³/mol. The van der Waals surface area contributed by atoms with Gasteiger partial charge >= 0.3 is 5.97 Å². The van der Waals surface area contributed by atoms with Crippen LogP contribution in [-0.4, -0.2) is 35.4 Å². The number of aryl methyl sites for hydroxylation is 2. The first-order chi connectivity index (χ1) is 12.7. The number of benzene rings is 2. The number of amides is 1. The summed E-state index contributed by atoms with van der Waals surface area (Å²) in [5, 5.41) is 11.2. The average Bonchev–Trinajstić information content (AvgIpc) is 2.61. The van der Waals surface area contributed by atoms with Crippen molar-refractivity contribution >= 4 is 29.2 Å². The lowest BCUT2D eigenvalue weighted by Crippen LogP contribution is -2.31. The van der Waals surface area contributed by atoms with Gasteiger partial charge in [0.05, 0.1) is 4.92 Å². The summed E-state index contributed by atoms with van der Waals surface area (Å²) in [7, 11) is 1.60. The summed E-state index contributed by atoms with van der Waals surface area (Å²) in [4.78, 5) is 36.1. The lowest BCUT2D eigenvalue weighted by atomic mass is 10.1. The van der Waals surface area contributed by atoms with Gasteiger partial charge in [0.2, 0.25) is 0 Å². The van der Waals surface area contributed by atoms with Crippen LogP contribution >= 0.6 is 11.6 Å². The minimum atomic E-state index is -0.952. The highest BCUT2D eigenvalue weighted by atomic mass is 35.5. The SMILES string of the molecule is Cc1ccc(CN(C)C(=O)COC(=O)c2ccc(Cl)cc2[N+](=O)[O-])c(C)c1. The zero-order chi connectivity index (χ0) is 20.1. The van der Waals surface area contributed by atoms with Crippen molar-refractivity contribution in [2.45, 2.75) is 20.4 Å². The monoisotopic (exact) mass is 390 g/mol. The predicted octanol–water partition coefficient (Wildman–Crippen LogP) is 3.68. The summed E-state index contributed by atoms with van der Waals surface area (Å²) in [5.74, 6) is -1.37. The molecule has 0 radical (unpaired) electrons. The summed E-state index contributed by atoms with van der Waals surface area (Å²) >= 11 is 5.72. The number of nitrogens with zero attached hydrogens (tertiary/aromatic N) is 2. The largest absolute Gasteiger partial charge is 0.452 e. The highest BCUT2D eigenvalue weighted by Crippen LogP contribution is 2.24. The van der Waals surface area contributed by atoms with E-state index in [4.69, 9.17) is 16.3 Å². The molecule has 2 rings (SSSR count). The first-order valence-electron chi connectivity index (χ1n) is 8.10. The number of hydrogen-bond donors (Lipinski definition) is 0. The van der Waals surface area contributed by atoms with Crippen molar-refractivity contribution in [1.82, 2.24) is 4.90 Å². The summed E-state index contributed by atoms with van der Waals surface area (Å²) in [5.41, 5.74) is 2.45. The Balaban J connectivity index is 2.00. The molecule has 0 aliphatic carbocycles. The molecule has 0 atom stereocenters. The normalized spacial score (nSPS) is 10.4. The van der Waals surface area contributed by atoms with Crippen molar-refractivity contribution < 1.29 is 19.2 Å². The van der Waals surface area contributed by atoms with E-state index < -0.39 is 29.1 Å². The Bertz CT molecular complexity index is 898. The maximum absolute atomic E-state index is 12.2. The minimum Gasteiger partial charge on any atom is -0.452 e. The van der Waals surface area contributed by atoms with Crippen LogP contribution in [0.15, 0.2) is 36.4 Å². The highest BCUT2D eigenvalue weighted by molar-refractivity contribution is 6.31. The zero-order valence-electron chi connectivity index (χ0n) is 15.2. The van der Waals surface area contributed by atoms with Crippen molar-refractivity contribution in [3.8, 4) is 0 Å². The number of carbonyl (C=O) groups is 2. The van der Waals surface area contributed by atoms with E-state index in [1.165, 1.54) is 17.0 Å². The molecule has 0 aromatic heterocycles. The van der Waals surface area contributed by atoms with Crippen LogP contribution in [0.5, 0.6) is 0 Å². The molecule has 0 bridgehead atoms. The third-order valence-corrected chi connectivity index (χ3v) is 4.27. The Kier molecular flexibility index (Phi) is 6.52. The van der Waals surface area contributed by atoms with Crippen molar-refractivity contribution in [3.05, 3.63) is 73.8 Å². The van der Waals surface area contributed by atoms with Gasteiger partial charge in [-0.2, -0.15) is 0 Å². The Labute approximate surface area is 161 Å². The summed E-state index contributed by atoms with van der Waals surface area (Å²) < 4.78 is 4.95. The van der Waals surface area contributed by atoms with Gasteiger partial charge in [-0.15, -0.1) is 0 Å². The Hall–Kier alpha value is -2.93. The third-order valence-electron chi connectivity index (χ3n) is 4.03. The van der Waals surface area contributed by atoms with Gasteiger partial charge in [0, 0.05) is 24.7 Å². The van der Waals surface area contributed by atoms with E-state index in [1.54, 1.807) is 7.05 Å². The second kappa shape index (κ2) is 8.64. The molecule has 27 heavy (non-hydrogen) atoms. The molecule has 0 fully saturated rings. The van der Waals surface area contributed by atoms with E-state index in [-0.39, 0.29) is 10.6 Å². The number of ether oxygens (including phenoxy) is 1. The number of halogens is 1. The molecule has 8 heteroatoms. The maximum Gasteiger partial charge on any atom is 0.345 e. The van der Waals surface area contributed by atoms with Crippen LogP contribution in [0.2, 0.25) is 5.02 Å². The fraction of sp³-hybridized carbons (Fsp3) is 0.263. The van der Waals surface area contributed by atoms with Crippen molar-refractivity contribution in [2.24, 2.45) is 0 Å². The van der Waals surface area contributed by atoms with Crippen molar-refractivity contribution in [2.75, 3.05) is 13.7 Å². The van der Waals surface area contributed by atoms with Crippen LogP contribution in [0.1, 0.15) is 27.0 Å². The Morgan fingerprint density at radius 3 is 2.52 bits per heavy atom. The van der Waals surface area contributed by atoms with Gasteiger partial charge < -0.3 is 9.64 Å². The summed E-state index contributed by atoms with van der Waals surface area (Å²) in [6.07, 6.45) is 0. The van der Waals surface area contributed by atoms with Crippen molar-refractivity contribution in [1.29, 1.82) is 0 Å². The number of carbonyl (C=O) groups excluding carboxylic acids is 2. The van der Waals surface area contributed by atoms with Gasteiger partial charge in [0.25, 0.3) is 11.6 Å². The molecule has 0 saturated heterocycles. The molecule has 0 aliphatic heterocycles. The number of hydrogen-bond acceptors (Lipinski definition) is 5. The van der Waals surface area contributed by atoms with Gasteiger partial charge in [-0.1, -0.05) is 35.4 Å². The highest BCUT2D eigenvalue weighted by Gasteiger charge is 2.23. The van der Waals surface area contributed by atoms with E-state index in [0.717, 1.165) is 22.8 Å². The molecular weight excluding hydrogens is 372 g/mol. The summed E-state index contributed by atoms with van der Waals surface area (Å²) in [6, 6.07) is 9.53. The third kappa shape index (κ3) is 5.27. The van der Waals surface area contributed by atoms with E-state index in [9.17, 15) is 19.7 Å². The molecule has 142 valence electrons. The molecule has 1 amide bonds.